The van der Waals surface area contributed by atoms with Gasteiger partial charge >= 0.3 is 0 Å². The highest BCUT2D eigenvalue weighted by molar-refractivity contribution is 9.10. The number of aryl methyl sites for hydroxylation is 3. The van der Waals surface area contributed by atoms with E-state index in [2.05, 4.69) is 46.2 Å². The van der Waals surface area contributed by atoms with Gasteiger partial charge in [-0.2, -0.15) is 5.10 Å². The number of rotatable bonds is 8. The number of carbonyl (C=O) groups is 3. The highest BCUT2D eigenvalue weighted by Crippen LogP contribution is 2.29. The van der Waals surface area contributed by atoms with E-state index in [1.165, 1.54) is 11.6 Å². The normalized spacial score (nSPS) is 16.7. The van der Waals surface area contributed by atoms with E-state index in [9.17, 15) is 14.4 Å². The summed E-state index contributed by atoms with van der Waals surface area (Å²) in [6.45, 7) is 7.94. The van der Waals surface area contributed by atoms with Crippen molar-refractivity contribution in [2.45, 2.75) is 46.7 Å². The number of carbonyl (C=O) groups excluding carboxylic acids is 3. The Bertz CT molecular complexity index is 1720. The average molecular weight is 649 g/mol. The molecule has 5 rings (SSSR count). The standard InChI is InChI=1S/C30H34BrN9O3/c1-16-7-8-25(31)35-29(16)36-30(43)24-9-20(13-38(5)6)14-39(24)26(42)15-40-28-17(2)34-23(21-11-32-19(4)33-12-21)10-22(28)27(37-40)18(3)41/h7-8,10-12,20,24H,9,13-15H2,1-6H3,(H,35,36,43). The molecule has 1 N–H and O–H groups in total. The van der Waals surface area contributed by atoms with Crippen LogP contribution in [0.25, 0.3) is 22.2 Å². The van der Waals surface area contributed by atoms with Crippen LogP contribution >= 0.6 is 15.9 Å². The predicted molar refractivity (Wildman–Crippen MR) is 165 cm³/mol. The minimum atomic E-state index is -0.681. The summed E-state index contributed by atoms with van der Waals surface area (Å²) in [5, 5.41) is 8.08. The number of amides is 2. The molecule has 4 aromatic heterocycles. The number of likely N-dealkylation sites (tertiary alicyclic amines) is 1. The number of hydrogen-bond donors (Lipinski definition) is 1. The monoisotopic (exact) mass is 647 g/mol. The zero-order valence-electron chi connectivity index (χ0n) is 25.1. The first-order chi connectivity index (χ1) is 20.4. The quantitative estimate of drug-likeness (QED) is 0.224. The topological polar surface area (TPSA) is 139 Å². The van der Waals surface area contributed by atoms with Crippen LogP contribution in [0.4, 0.5) is 5.82 Å². The van der Waals surface area contributed by atoms with Crippen molar-refractivity contribution in [3.05, 3.63) is 58.0 Å². The van der Waals surface area contributed by atoms with Crippen molar-refractivity contribution < 1.29 is 14.4 Å². The number of Topliss-reactive ketones (excluding diaryl/α,β-unsaturated/α-hetero) is 1. The van der Waals surface area contributed by atoms with Gasteiger partial charge in [-0.05, 0) is 80.8 Å². The van der Waals surface area contributed by atoms with Crippen LogP contribution < -0.4 is 5.32 Å². The molecule has 13 heteroatoms. The van der Waals surface area contributed by atoms with Crippen LogP contribution in [0.3, 0.4) is 0 Å². The Hall–Kier alpha value is -4.10. The van der Waals surface area contributed by atoms with Gasteiger partial charge in [0.1, 0.15) is 34.5 Å². The van der Waals surface area contributed by atoms with Gasteiger partial charge in [0, 0.05) is 43.4 Å². The van der Waals surface area contributed by atoms with E-state index in [1.807, 2.05) is 40.1 Å². The van der Waals surface area contributed by atoms with Crippen molar-refractivity contribution in [3.8, 4) is 11.3 Å². The molecule has 1 aliphatic rings. The maximum atomic E-state index is 13.9. The van der Waals surface area contributed by atoms with Crippen molar-refractivity contribution in [2.75, 3.05) is 32.5 Å². The number of fused-ring (bicyclic) bond motifs is 1. The summed E-state index contributed by atoms with van der Waals surface area (Å²) in [5.74, 6) is 0.409. The fourth-order valence-corrected chi connectivity index (χ4v) is 5.90. The van der Waals surface area contributed by atoms with Gasteiger partial charge in [-0.1, -0.05) is 6.07 Å². The van der Waals surface area contributed by atoms with Crippen LogP contribution in [-0.2, 0) is 16.1 Å². The summed E-state index contributed by atoms with van der Waals surface area (Å²) in [6, 6.07) is 4.77. The Morgan fingerprint density at radius 1 is 1.09 bits per heavy atom. The van der Waals surface area contributed by atoms with Gasteiger partial charge in [0.15, 0.2) is 5.78 Å². The molecule has 2 atom stereocenters. The van der Waals surface area contributed by atoms with E-state index in [-0.39, 0.29) is 35.8 Å². The van der Waals surface area contributed by atoms with Gasteiger partial charge in [-0.25, -0.2) is 15.0 Å². The van der Waals surface area contributed by atoms with Crippen molar-refractivity contribution in [1.29, 1.82) is 0 Å². The van der Waals surface area contributed by atoms with Crippen LogP contribution in [0.2, 0.25) is 0 Å². The van der Waals surface area contributed by atoms with E-state index >= 15 is 0 Å². The van der Waals surface area contributed by atoms with Crippen LogP contribution in [0, 0.1) is 26.7 Å². The lowest BCUT2D eigenvalue weighted by Gasteiger charge is -2.24. The van der Waals surface area contributed by atoms with Gasteiger partial charge in [0.25, 0.3) is 0 Å². The van der Waals surface area contributed by atoms with Gasteiger partial charge in [-0.3, -0.25) is 24.0 Å². The average Bonchev–Trinajstić information content (AvgIpc) is 3.53. The zero-order valence-corrected chi connectivity index (χ0v) is 26.6. The van der Waals surface area contributed by atoms with Crippen molar-refractivity contribution in [2.24, 2.45) is 5.92 Å². The fraction of sp³-hybridized carbons (Fsp3) is 0.400. The second kappa shape index (κ2) is 12.3. The molecule has 0 radical (unpaired) electrons. The lowest BCUT2D eigenvalue weighted by atomic mass is 10.0. The zero-order chi connectivity index (χ0) is 31.0. The largest absolute Gasteiger partial charge is 0.329 e. The molecule has 1 saturated heterocycles. The molecule has 2 amide bonds. The molecule has 0 aliphatic carbocycles. The number of anilines is 1. The summed E-state index contributed by atoms with van der Waals surface area (Å²) >= 11 is 3.36. The van der Waals surface area contributed by atoms with Gasteiger partial charge < -0.3 is 15.1 Å². The van der Waals surface area contributed by atoms with Crippen LogP contribution in [0.15, 0.2) is 35.2 Å². The van der Waals surface area contributed by atoms with Crippen molar-refractivity contribution in [1.82, 2.24) is 39.5 Å². The van der Waals surface area contributed by atoms with E-state index in [0.29, 0.717) is 57.1 Å². The fourth-order valence-electron chi connectivity index (χ4n) is 5.59. The van der Waals surface area contributed by atoms with Gasteiger partial charge in [-0.15, -0.1) is 0 Å². The summed E-state index contributed by atoms with van der Waals surface area (Å²) < 4.78 is 2.13. The number of nitrogens with zero attached hydrogens (tertiary/aromatic N) is 8. The minimum absolute atomic E-state index is 0.108. The van der Waals surface area contributed by atoms with E-state index in [0.717, 1.165) is 12.1 Å². The number of ketones is 1. The van der Waals surface area contributed by atoms with E-state index < -0.39 is 6.04 Å². The molecular formula is C30H34BrN9O3. The van der Waals surface area contributed by atoms with Crippen LogP contribution in [-0.4, -0.2) is 90.3 Å². The second-order valence-electron chi connectivity index (χ2n) is 11.3. The minimum Gasteiger partial charge on any atom is -0.329 e. The summed E-state index contributed by atoms with van der Waals surface area (Å²) in [6.07, 6.45) is 3.89. The van der Waals surface area contributed by atoms with Crippen molar-refractivity contribution in [3.63, 3.8) is 0 Å². The molecule has 224 valence electrons. The maximum absolute atomic E-state index is 13.9. The molecule has 43 heavy (non-hydrogen) atoms. The Morgan fingerprint density at radius 3 is 2.49 bits per heavy atom. The van der Waals surface area contributed by atoms with E-state index in [4.69, 9.17) is 4.98 Å². The molecule has 5 heterocycles. The Balaban J connectivity index is 1.46. The number of aromatic nitrogens is 6. The number of hydrogen-bond acceptors (Lipinski definition) is 9. The number of nitrogens with one attached hydrogen (secondary N) is 1. The Morgan fingerprint density at radius 2 is 1.81 bits per heavy atom. The molecule has 0 bridgehead atoms. The molecule has 1 fully saturated rings. The molecule has 1 aliphatic heterocycles. The van der Waals surface area contributed by atoms with E-state index in [1.54, 1.807) is 30.3 Å². The third kappa shape index (κ3) is 6.47. The summed E-state index contributed by atoms with van der Waals surface area (Å²) in [4.78, 5) is 61.5. The smallest absolute Gasteiger partial charge is 0.248 e. The SMILES string of the molecule is CC(=O)c1nn(CC(=O)N2CC(CN(C)C)CC2C(=O)Nc2nc(Br)ccc2C)c2c(C)nc(-c3cnc(C)nc3)cc12. The second-order valence-corrected chi connectivity index (χ2v) is 12.1. The molecule has 0 saturated carbocycles. The van der Waals surface area contributed by atoms with Gasteiger partial charge in [0.2, 0.25) is 11.8 Å². The Kier molecular flexibility index (Phi) is 8.65. The lowest BCUT2D eigenvalue weighted by Crippen LogP contribution is -2.44. The molecular weight excluding hydrogens is 614 g/mol. The molecule has 2 unspecified atom stereocenters. The summed E-state index contributed by atoms with van der Waals surface area (Å²) in [5.41, 5.74) is 3.59. The van der Waals surface area contributed by atoms with Crippen LogP contribution in [0.1, 0.15) is 40.9 Å². The molecule has 0 aromatic carbocycles. The first-order valence-electron chi connectivity index (χ1n) is 14.0. The molecule has 12 nitrogen and oxygen atoms in total. The summed E-state index contributed by atoms with van der Waals surface area (Å²) in [7, 11) is 3.94. The lowest BCUT2D eigenvalue weighted by molar-refractivity contribution is -0.137. The third-order valence-electron chi connectivity index (χ3n) is 7.53. The molecule has 4 aromatic rings. The number of halogens is 1. The molecule has 0 spiro atoms. The first-order valence-corrected chi connectivity index (χ1v) is 14.8. The third-order valence-corrected chi connectivity index (χ3v) is 7.98. The Labute approximate surface area is 258 Å². The predicted octanol–water partition coefficient (Wildman–Crippen LogP) is 3.59. The maximum Gasteiger partial charge on any atom is 0.248 e. The van der Waals surface area contributed by atoms with Gasteiger partial charge in [0.05, 0.1) is 16.9 Å². The highest BCUT2D eigenvalue weighted by Gasteiger charge is 2.40. The van der Waals surface area contributed by atoms with Crippen LogP contribution in [0.5, 0.6) is 0 Å². The highest BCUT2D eigenvalue weighted by atomic mass is 79.9. The number of pyridine rings is 2. The van der Waals surface area contributed by atoms with Crippen molar-refractivity contribution >= 4 is 50.2 Å². The first kappa shape index (κ1) is 30.4.